The third kappa shape index (κ3) is 3.70. The Labute approximate surface area is 135 Å². The van der Waals surface area contributed by atoms with Gasteiger partial charge in [-0.1, -0.05) is 12.1 Å². The van der Waals surface area contributed by atoms with Gasteiger partial charge in [-0.15, -0.1) is 0 Å². The van der Waals surface area contributed by atoms with E-state index in [9.17, 15) is 9.59 Å². The van der Waals surface area contributed by atoms with Crippen molar-refractivity contribution in [2.45, 2.75) is 32.1 Å². The number of nitrogens with zero attached hydrogens (tertiary/aromatic N) is 2. The van der Waals surface area contributed by atoms with Crippen LogP contribution in [0.1, 0.15) is 31.5 Å². The van der Waals surface area contributed by atoms with E-state index >= 15 is 0 Å². The van der Waals surface area contributed by atoms with E-state index in [1.165, 1.54) is 0 Å². The third-order valence-corrected chi connectivity index (χ3v) is 4.49. The number of benzene rings is 1. The lowest BCUT2D eigenvalue weighted by Gasteiger charge is -2.30. The van der Waals surface area contributed by atoms with Gasteiger partial charge < -0.3 is 15.6 Å². The number of carbonyl (C=O) groups excluding carboxylic acids is 2. The van der Waals surface area contributed by atoms with E-state index in [1.54, 1.807) is 0 Å². The van der Waals surface area contributed by atoms with E-state index in [0.717, 1.165) is 29.7 Å². The maximum Gasteiger partial charge on any atom is 0.222 e. The number of aromatic nitrogens is 2. The van der Waals surface area contributed by atoms with Gasteiger partial charge in [-0.2, -0.15) is 0 Å². The summed E-state index contributed by atoms with van der Waals surface area (Å²) in [5.41, 5.74) is 7.30. The summed E-state index contributed by atoms with van der Waals surface area (Å²) in [4.78, 5) is 33.0. The number of piperidine rings is 1. The topological polar surface area (TPSA) is 92.1 Å². The molecule has 23 heavy (non-hydrogen) atoms. The fraction of sp³-hybridized carbons (Fsp3) is 0.471. The smallest absolute Gasteiger partial charge is 0.222 e. The van der Waals surface area contributed by atoms with Crippen molar-refractivity contribution < 1.29 is 9.59 Å². The normalized spacial score (nSPS) is 15.9. The van der Waals surface area contributed by atoms with Gasteiger partial charge in [-0.25, -0.2) is 4.98 Å². The highest BCUT2D eigenvalue weighted by atomic mass is 16.2. The van der Waals surface area contributed by atoms with Gasteiger partial charge in [0.2, 0.25) is 11.8 Å². The van der Waals surface area contributed by atoms with Crippen LogP contribution < -0.4 is 5.73 Å². The molecule has 1 fully saturated rings. The molecule has 0 saturated carbocycles. The highest BCUT2D eigenvalue weighted by Gasteiger charge is 2.25. The molecule has 6 nitrogen and oxygen atoms in total. The number of primary amides is 1. The van der Waals surface area contributed by atoms with Crippen LogP contribution in [0.5, 0.6) is 0 Å². The number of nitrogens with two attached hydrogens (primary N) is 1. The summed E-state index contributed by atoms with van der Waals surface area (Å²) >= 11 is 0. The van der Waals surface area contributed by atoms with E-state index in [-0.39, 0.29) is 17.7 Å². The van der Waals surface area contributed by atoms with Crippen LogP contribution in [0.25, 0.3) is 11.0 Å². The molecule has 122 valence electrons. The number of imidazole rings is 1. The number of hydrogen-bond donors (Lipinski definition) is 2. The summed E-state index contributed by atoms with van der Waals surface area (Å²) in [5.74, 6) is 0.757. The van der Waals surface area contributed by atoms with Crippen molar-refractivity contribution in [3.63, 3.8) is 0 Å². The molecule has 0 unspecified atom stereocenters. The predicted octanol–water partition coefficient (Wildman–Crippen LogP) is 1.61. The van der Waals surface area contributed by atoms with Crippen molar-refractivity contribution in [2.75, 3.05) is 13.1 Å². The van der Waals surface area contributed by atoms with Crippen LogP contribution in [-0.4, -0.2) is 39.8 Å². The van der Waals surface area contributed by atoms with Crippen LogP contribution in [0.15, 0.2) is 24.3 Å². The predicted molar refractivity (Wildman–Crippen MR) is 87.5 cm³/mol. The van der Waals surface area contributed by atoms with Gasteiger partial charge in [0.15, 0.2) is 0 Å². The van der Waals surface area contributed by atoms with E-state index in [4.69, 9.17) is 5.73 Å². The van der Waals surface area contributed by atoms with Crippen molar-refractivity contribution in [1.29, 1.82) is 0 Å². The third-order valence-electron chi connectivity index (χ3n) is 4.49. The number of nitrogens with one attached hydrogen (secondary N) is 1. The molecule has 2 amide bonds. The van der Waals surface area contributed by atoms with Crippen molar-refractivity contribution >= 4 is 22.8 Å². The van der Waals surface area contributed by atoms with Crippen LogP contribution in [0.2, 0.25) is 0 Å². The largest absolute Gasteiger partial charge is 0.369 e. The molecule has 1 saturated heterocycles. The molecule has 1 aliphatic rings. The van der Waals surface area contributed by atoms with Crippen molar-refractivity contribution in [3.8, 4) is 0 Å². The Bertz CT molecular complexity index is 668. The molecule has 6 heteroatoms. The second kappa shape index (κ2) is 6.81. The molecule has 0 spiro atoms. The zero-order chi connectivity index (χ0) is 16.2. The first-order chi connectivity index (χ1) is 11.1. The van der Waals surface area contributed by atoms with Crippen LogP contribution in [0, 0.1) is 5.92 Å². The number of aryl methyl sites for hydroxylation is 1. The molecule has 1 aromatic heterocycles. The van der Waals surface area contributed by atoms with Gasteiger partial charge in [-0.3, -0.25) is 9.59 Å². The molecule has 2 aromatic rings. The molecule has 0 atom stereocenters. The fourth-order valence-corrected chi connectivity index (χ4v) is 3.10. The molecule has 0 aliphatic carbocycles. The first-order valence-electron chi connectivity index (χ1n) is 8.14. The minimum absolute atomic E-state index is 0.0744. The highest BCUT2D eigenvalue weighted by molar-refractivity contribution is 5.79. The van der Waals surface area contributed by atoms with Gasteiger partial charge in [0, 0.05) is 31.8 Å². The molecule has 1 aromatic carbocycles. The number of H-pyrrole nitrogens is 1. The Kier molecular flexibility index (Phi) is 4.60. The number of aromatic amines is 1. The first kappa shape index (κ1) is 15.5. The molecular formula is C17H22N4O2. The molecular weight excluding hydrogens is 292 g/mol. The number of carbonyl (C=O) groups is 2. The Balaban J connectivity index is 1.45. The number of amides is 2. The monoisotopic (exact) mass is 314 g/mol. The number of rotatable bonds is 5. The SMILES string of the molecule is NC(=O)C1CCN(C(=O)CCCc2nc3ccccc3[nH]2)CC1. The molecule has 1 aliphatic heterocycles. The Morgan fingerprint density at radius 1 is 1.26 bits per heavy atom. The minimum atomic E-state index is -0.248. The van der Waals surface area contributed by atoms with Crippen molar-refractivity contribution in [1.82, 2.24) is 14.9 Å². The lowest BCUT2D eigenvalue weighted by molar-refractivity contribution is -0.134. The number of fused-ring (bicyclic) bond motifs is 1. The summed E-state index contributed by atoms with van der Waals surface area (Å²) < 4.78 is 0. The lowest BCUT2D eigenvalue weighted by Crippen LogP contribution is -2.41. The van der Waals surface area contributed by atoms with E-state index < -0.39 is 0 Å². The summed E-state index contributed by atoms with van der Waals surface area (Å²) in [7, 11) is 0. The fourth-order valence-electron chi connectivity index (χ4n) is 3.10. The highest BCUT2D eigenvalue weighted by Crippen LogP contribution is 2.18. The maximum atomic E-state index is 12.2. The Hall–Kier alpha value is -2.37. The molecule has 0 radical (unpaired) electrons. The van der Waals surface area contributed by atoms with E-state index in [1.807, 2.05) is 29.2 Å². The van der Waals surface area contributed by atoms with Crippen LogP contribution >= 0.6 is 0 Å². The quantitative estimate of drug-likeness (QED) is 0.878. The van der Waals surface area contributed by atoms with Crippen molar-refractivity contribution in [2.24, 2.45) is 11.7 Å². The lowest BCUT2D eigenvalue weighted by atomic mass is 9.96. The van der Waals surface area contributed by atoms with Crippen molar-refractivity contribution in [3.05, 3.63) is 30.1 Å². The summed E-state index contributed by atoms with van der Waals surface area (Å²) in [6.45, 7) is 1.27. The van der Waals surface area contributed by atoms with Crippen LogP contribution in [0.3, 0.4) is 0 Å². The molecule has 2 heterocycles. The van der Waals surface area contributed by atoms with E-state index in [2.05, 4.69) is 9.97 Å². The standard InChI is InChI=1S/C17H22N4O2/c18-17(23)12-8-10-21(11-9-12)16(22)7-3-6-15-19-13-4-1-2-5-14(13)20-15/h1-2,4-5,12H,3,6-11H2,(H2,18,23)(H,19,20). The minimum Gasteiger partial charge on any atom is -0.369 e. The number of para-hydroxylation sites is 2. The van der Waals surface area contributed by atoms with Gasteiger partial charge >= 0.3 is 0 Å². The summed E-state index contributed by atoms with van der Waals surface area (Å²) in [5, 5.41) is 0. The Morgan fingerprint density at radius 2 is 2.00 bits per heavy atom. The van der Waals surface area contributed by atoms with E-state index in [0.29, 0.717) is 32.4 Å². The molecule has 0 bridgehead atoms. The Morgan fingerprint density at radius 3 is 2.70 bits per heavy atom. The molecule has 3 N–H and O–H groups in total. The molecule has 3 rings (SSSR count). The van der Waals surface area contributed by atoms with Gasteiger partial charge in [0.05, 0.1) is 11.0 Å². The second-order valence-electron chi connectivity index (χ2n) is 6.11. The van der Waals surface area contributed by atoms with Gasteiger partial charge in [0.25, 0.3) is 0 Å². The average Bonchev–Trinajstić information content (AvgIpc) is 2.97. The van der Waals surface area contributed by atoms with Crippen LogP contribution in [0.4, 0.5) is 0 Å². The number of hydrogen-bond acceptors (Lipinski definition) is 3. The average molecular weight is 314 g/mol. The first-order valence-corrected chi connectivity index (χ1v) is 8.14. The van der Waals surface area contributed by atoms with Crippen LogP contribution in [-0.2, 0) is 16.0 Å². The zero-order valence-corrected chi connectivity index (χ0v) is 13.1. The van der Waals surface area contributed by atoms with Gasteiger partial charge in [0.1, 0.15) is 5.82 Å². The maximum absolute atomic E-state index is 12.2. The second-order valence-corrected chi connectivity index (χ2v) is 6.11. The number of likely N-dealkylation sites (tertiary alicyclic amines) is 1. The van der Waals surface area contributed by atoms with Gasteiger partial charge in [-0.05, 0) is 31.4 Å². The zero-order valence-electron chi connectivity index (χ0n) is 13.1. The summed E-state index contributed by atoms with van der Waals surface area (Å²) in [6.07, 6.45) is 3.42. The summed E-state index contributed by atoms with van der Waals surface area (Å²) in [6, 6.07) is 7.92.